The molecule has 1 aliphatic rings. The van der Waals surface area contributed by atoms with Crippen LogP contribution >= 0.6 is 0 Å². The van der Waals surface area contributed by atoms with Crippen molar-refractivity contribution >= 4 is 0 Å². The monoisotopic (exact) mass is 288 g/mol. The van der Waals surface area contributed by atoms with Gasteiger partial charge in [0.2, 0.25) is 11.7 Å². The summed E-state index contributed by atoms with van der Waals surface area (Å²) in [6.45, 7) is 6.80. The minimum atomic E-state index is 0.103. The van der Waals surface area contributed by atoms with E-state index in [0.29, 0.717) is 17.8 Å². The fourth-order valence-corrected chi connectivity index (χ4v) is 2.52. The molecule has 3 heterocycles. The van der Waals surface area contributed by atoms with Crippen molar-refractivity contribution in [3.63, 3.8) is 0 Å². The summed E-state index contributed by atoms with van der Waals surface area (Å²) in [7, 11) is 0. The minimum Gasteiger partial charge on any atom is -0.376 e. The first-order valence-corrected chi connectivity index (χ1v) is 7.37. The Hall–Kier alpha value is -1.79. The highest BCUT2D eigenvalue weighted by Gasteiger charge is 2.27. The van der Waals surface area contributed by atoms with E-state index in [4.69, 9.17) is 9.26 Å². The molecule has 0 unspecified atom stereocenters. The van der Waals surface area contributed by atoms with Gasteiger partial charge in [0.25, 0.3) is 0 Å². The summed E-state index contributed by atoms with van der Waals surface area (Å²) >= 11 is 0. The molecule has 0 spiro atoms. The molecular formula is C15H20N4O2. The minimum absolute atomic E-state index is 0.103. The van der Waals surface area contributed by atoms with E-state index in [1.807, 2.05) is 12.1 Å². The lowest BCUT2D eigenvalue weighted by Gasteiger charge is -2.34. The SMILES string of the molecule is CC[C@@H]1CN([C@H](C)c2nc(-c3ccncc3)no2)CCO1. The van der Waals surface area contributed by atoms with Crippen molar-refractivity contribution in [2.45, 2.75) is 32.4 Å². The first kappa shape index (κ1) is 14.2. The number of aromatic nitrogens is 3. The number of morpholine rings is 1. The zero-order chi connectivity index (χ0) is 14.7. The van der Waals surface area contributed by atoms with Gasteiger partial charge in [0.05, 0.1) is 18.8 Å². The molecule has 2 atom stereocenters. The van der Waals surface area contributed by atoms with Crippen LogP contribution in [-0.2, 0) is 4.74 Å². The summed E-state index contributed by atoms with van der Waals surface area (Å²) in [5, 5.41) is 4.07. The number of pyridine rings is 1. The van der Waals surface area contributed by atoms with Gasteiger partial charge in [-0.25, -0.2) is 0 Å². The van der Waals surface area contributed by atoms with Crippen molar-refractivity contribution in [3.05, 3.63) is 30.4 Å². The second-order valence-corrected chi connectivity index (χ2v) is 5.26. The topological polar surface area (TPSA) is 64.3 Å². The summed E-state index contributed by atoms with van der Waals surface area (Å²) in [4.78, 5) is 10.8. The van der Waals surface area contributed by atoms with E-state index in [2.05, 4.69) is 33.9 Å². The van der Waals surface area contributed by atoms with E-state index in [9.17, 15) is 0 Å². The second-order valence-electron chi connectivity index (χ2n) is 5.26. The Kier molecular flexibility index (Phi) is 4.26. The molecule has 2 aromatic heterocycles. The molecule has 0 aromatic carbocycles. The zero-order valence-corrected chi connectivity index (χ0v) is 12.4. The Labute approximate surface area is 124 Å². The van der Waals surface area contributed by atoms with Crippen molar-refractivity contribution in [1.82, 2.24) is 20.0 Å². The molecule has 0 saturated carbocycles. The molecule has 0 N–H and O–H groups in total. The van der Waals surface area contributed by atoms with Crippen molar-refractivity contribution in [2.75, 3.05) is 19.7 Å². The van der Waals surface area contributed by atoms with Crippen molar-refractivity contribution in [3.8, 4) is 11.4 Å². The van der Waals surface area contributed by atoms with Crippen LogP contribution in [0.25, 0.3) is 11.4 Å². The molecule has 3 rings (SSSR count). The zero-order valence-electron chi connectivity index (χ0n) is 12.4. The molecule has 1 saturated heterocycles. The summed E-state index contributed by atoms with van der Waals surface area (Å²) in [5.41, 5.74) is 0.917. The third-order valence-electron chi connectivity index (χ3n) is 3.91. The van der Waals surface area contributed by atoms with E-state index in [0.717, 1.165) is 31.7 Å². The van der Waals surface area contributed by atoms with E-state index < -0.39 is 0 Å². The Morgan fingerprint density at radius 2 is 2.19 bits per heavy atom. The van der Waals surface area contributed by atoms with Crippen LogP contribution in [0, 0.1) is 0 Å². The molecule has 0 bridgehead atoms. The number of hydrogen-bond acceptors (Lipinski definition) is 6. The number of ether oxygens (including phenoxy) is 1. The average Bonchev–Trinajstić information content (AvgIpc) is 3.05. The van der Waals surface area contributed by atoms with Gasteiger partial charge in [-0.05, 0) is 25.5 Å². The highest BCUT2D eigenvalue weighted by molar-refractivity contribution is 5.52. The molecular weight excluding hydrogens is 268 g/mol. The van der Waals surface area contributed by atoms with Crippen LogP contribution in [0.1, 0.15) is 32.2 Å². The molecule has 1 fully saturated rings. The molecule has 1 aliphatic heterocycles. The van der Waals surface area contributed by atoms with E-state index in [1.165, 1.54) is 0 Å². The molecule has 2 aromatic rings. The van der Waals surface area contributed by atoms with Gasteiger partial charge in [-0.15, -0.1) is 0 Å². The van der Waals surface area contributed by atoms with Crippen molar-refractivity contribution < 1.29 is 9.26 Å². The smallest absolute Gasteiger partial charge is 0.244 e. The van der Waals surface area contributed by atoms with Gasteiger partial charge < -0.3 is 9.26 Å². The fourth-order valence-electron chi connectivity index (χ4n) is 2.52. The van der Waals surface area contributed by atoms with Crippen LogP contribution in [0.15, 0.2) is 29.0 Å². The predicted octanol–water partition coefficient (Wildman–Crippen LogP) is 2.30. The van der Waals surface area contributed by atoms with Gasteiger partial charge >= 0.3 is 0 Å². The van der Waals surface area contributed by atoms with Crippen molar-refractivity contribution in [1.29, 1.82) is 0 Å². The summed E-state index contributed by atoms with van der Waals surface area (Å²) in [6, 6.07) is 3.86. The van der Waals surface area contributed by atoms with Gasteiger partial charge in [0.1, 0.15) is 0 Å². The molecule has 6 heteroatoms. The van der Waals surface area contributed by atoms with Crippen LogP contribution < -0.4 is 0 Å². The maximum atomic E-state index is 5.70. The number of rotatable bonds is 4. The molecule has 0 aliphatic carbocycles. The highest BCUT2D eigenvalue weighted by atomic mass is 16.5. The lowest BCUT2D eigenvalue weighted by Crippen LogP contribution is -2.43. The maximum Gasteiger partial charge on any atom is 0.244 e. The molecule has 21 heavy (non-hydrogen) atoms. The van der Waals surface area contributed by atoms with Gasteiger partial charge in [0.15, 0.2) is 0 Å². The standard InChI is InChI=1S/C15H20N4O2/c1-3-13-10-19(8-9-20-13)11(2)15-17-14(18-21-15)12-4-6-16-7-5-12/h4-7,11,13H,3,8-10H2,1-2H3/t11-,13-/m1/s1. The van der Waals surface area contributed by atoms with Gasteiger partial charge in [-0.1, -0.05) is 12.1 Å². The van der Waals surface area contributed by atoms with E-state index in [1.54, 1.807) is 12.4 Å². The predicted molar refractivity (Wildman–Crippen MR) is 77.5 cm³/mol. The quantitative estimate of drug-likeness (QED) is 0.860. The number of nitrogens with zero attached hydrogens (tertiary/aromatic N) is 4. The van der Waals surface area contributed by atoms with Crippen LogP contribution in [0.2, 0.25) is 0 Å². The first-order chi connectivity index (χ1) is 10.3. The van der Waals surface area contributed by atoms with Crippen LogP contribution in [0.3, 0.4) is 0 Å². The van der Waals surface area contributed by atoms with E-state index >= 15 is 0 Å². The number of hydrogen-bond donors (Lipinski definition) is 0. The fraction of sp³-hybridized carbons (Fsp3) is 0.533. The third-order valence-corrected chi connectivity index (χ3v) is 3.91. The Morgan fingerprint density at radius 3 is 2.95 bits per heavy atom. The van der Waals surface area contributed by atoms with Crippen LogP contribution in [-0.4, -0.2) is 45.8 Å². The Balaban J connectivity index is 1.73. The van der Waals surface area contributed by atoms with E-state index in [-0.39, 0.29) is 6.04 Å². The molecule has 6 nitrogen and oxygen atoms in total. The normalized spacial score (nSPS) is 21.3. The largest absolute Gasteiger partial charge is 0.376 e. The average molecular weight is 288 g/mol. The molecule has 0 amide bonds. The summed E-state index contributed by atoms with van der Waals surface area (Å²) in [6.07, 6.45) is 4.77. The van der Waals surface area contributed by atoms with Gasteiger partial charge in [-0.2, -0.15) is 4.98 Å². The molecule has 0 radical (unpaired) electrons. The summed E-state index contributed by atoms with van der Waals surface area (Å²) in [5.74, 6) is 1.26. The van der Waals surface area contributed by atoms with Gasteiger partial charge in [0, 0.05) is 31.0 Å². The maximum absolute atomic E-state index is 5.70. The third kappa shape index (κ3) is 3.11. The Bertz CT molecular complexity index is 572. The lowest BCUT2D eigenvalue weighted by molar-refractivity contribution is -0.0462. The Morgan fingerprint density at radius 1 is 1.38 bits per heavy atom. The van der Waals surface area contributed by atoms with Crippen molar-refractivity contribution in [2.24, 2.45) is 0 Å². The molecule has 112 valence electrons. The second kappa shape index (κ2) is 6.32. The summed E-state index contributed by atoms with van der Waals surface area (Å²) < 4.78 is 11.1. The lowest BCUT2D eigenvalue weighted by atomic mass is 10.2. The highest BCUT2D eigenvalue weighted by Crippen LogP contribution is 2.24. The first-order valence-electron chi connectivity index (χ1n) is 7.37. The van der Waals surface area contributed by atoms with Crippen LogP contribution in [0.5, 0.6) is 0 Å². The van der Waals surface area contributed by atoms with Crippen LogP contribution in [0.4, 0.5) is 0 Å². The van der Waals surface area contributed by atoms with Gasteiger partial charge in [-0.3, -0.25) is 9.88 Å².